The van der Waals surface area contributed by atoms with Gasteiger partial charge in [-0.05, 0) is 36.4 Å². The molecule has 0 aliphatic rings. The van der Waals surface area contributed by atoms with Crippen LogP contribution < -0.4 is 5.54 Å². The Balaban J connectivity index is 2.07. The van der Waals surface area contributed by atoms with Crippen LogP contribution in [0.5, 0.6) is 0 Å². The molecule has 0 saturated heterocycles. The average molecular weight is 227 g/mol. The largest absolute Gasteiger partial charge is 0.456 e. The van der Waals surface area contributed by atoms with Crippen LogP contribution >= 0.6 is 0 Å². The maximum absolute atomic E-state index is 12.2. The summed E-state index contributed by atoms with van der Waals surface area (Å²) in [4.78, 5) is 0. The molecule has 0 spiro atoms. The van der Waals surface area contributed by atoms with Crippen molar-refractivity contribution in [1.82, 2.24) is 0 Å². The van der Waals surface area contributed by atoms with Crippen LogP contribution in [0.1, 0.15) is 0 Å². The van der Waals surface area contributed by atoms with Gasteiger partial charge in [0.15, 0.2) is 0 Å². The molecule has 0 bridgehead atoms. The third kappa shape index (κ3) is 1.76. The highest BCUT2D eigenvalue weighted by molar-refractivity contribution is 5.82. The summed E-state index contributed by atoms with van der Waals surface area (Å²) in [7, 11) is 0. The molecule has 0 atom stereocenters. The maximum Gasteiger partial charge on any atom is 0.135 e. The summed E-state index contributed by atoms with van der Waals surface area (Å²) < 4.78 is 17.9. The smallest absolute Gasteiger partial charge is 0.135 e. The zero-order valence-electron chi connectivity index (χ0n) is 8.98. The SMILES string of the molecule is FNc1ccc(-c2cc3ccccc3o2)cc1. The quantitative estimate of drug-likeness (QED) is 0.656. The normalized spacial score (nSPS) is 10.6. The molecule has 0 amide bonds. The number of rotatable bonds is 2. The fourth-order valence-corrected chi connectivity index (χ4v) is 1.82. The molecule has 1 N–H and O–H groups in total. The van der Waals surface area contributed by atoms with Crippen LogP contribution in [0.4, 0.5) is 10.2 Å². The summed E-state index contributed by atoms with van der Waals surface area (Å²) in [6, 6.07) is 16.8. The minimum atomic E-state index is 0.435. The second-order valence-electron chi connectivity index (χ2n) is 3.82. The Morgan fingerprint density at radius 1 is 0.941 bits per heavy atom. The molecule has 0 aliphatic carbocycles. The van der Waals surface area contributed by atoms with Gasteiger partial charge in [0.2, 0.25) is 0 Å². The first-order valence-corrected chi connectivity index (χ1v) is 5.32. The fourth-order valence-electron chi connectivity index (χ4n) is 1.82. The highest BCUT2D eigenvalue weighted by Gasteiger charge is 2.05. The Morgan fingerprint density at radius 2 is 1.71 bits per heavy atom. The third-order valence-corrected chi connectivity index (χ3v) is 2.70. The average Bonchev–Trinajstić information content (AvgIpc) is 2.82. The fraction of sp³-hybridized carbons (Fsp3) is 0. The van der Waals surface area contributed by atoms with Crippen molar-refractivity contribution < 1.29 is 8.90 Å². The highest BCUT2D eigenvalue weighted by atomic mass is 19.2. The van der Waals surface area contributed by atoms with E-state index in [4.69, 9.17) is 4.42 Å². The summed E-state index contributed by atoms with van der Waals surface area (Å²) in [6.45, 7) is 0. The first-order chi connectivity index (χ1) is 8.36. The van der Waals surface area contributed by atoms with Crippen molar-refractivity contribution in [2.45, 2.75) is 0 Å². The van der Waals surface area contributed by atoms with Crippen molar-refractivity contribution in [2.24, 2.45) is 0 Å². The number of para-hydroxylation sites is 1. The molecule has 3 aromatic rings. The van der Waals surface area contributed by atoms with E-state index in [9.17, 15) is 4.48 Å². The van der Waals surface area contributed by atoms with Crippen LogP contribution in [0.25, 0.3) is 22.3 Å². The number of nitrogens with one attached hydrogen (secondary N) is 1. The van der Waals surface area contributed by atoms with Gasteiger partial charge < -0.3 is 4.42 Å². The van der Waals surface area contributed by atoms with Crippen LogP contribution in [0.2, 0.25) is 0 Å². The minimum absolute atomic E-state index is 0.435. The number of halogens is 1. The molecular weight excluding hydrogens is 217 g/mol. The molecule has 0 unspecified atom stereocenters. The van der Waals surface area contributed by atoms with Crippen LogP contribution in [0, 0.1) is 0 Å². The number of hydrogen-bond acceptors (Lipinski definition) is 2. The van der Waals surface area contributed by atoms with E-state index in [0.29, 0.717) is 5.69 Å². The summed E-state index contributed by atoms with van der Waals surface area (Å²) in [5.74, 6) is 0.789. The van der Waals surface area contributed by atoms with E-state index < -0.39 is 0 Å². The predicted octanol–water partition coefficient (Wildman–Crippen LogP) is 4.40. The first kappa shape index (κ1) is 9.90. The van der Waals surface area contributed by atoms with E-state index in [1.165, 1.54) is 0 Å². The standard InChI is InChI=1S/C14H10FNO/c15-16-12-7-5-10(6-8-12)14-9-11-3-1-2-4-13(11)17-14/h1-9,16H. The molecule has 0 saturated carbocycles. The van der Waals surface area contributed by atoms with E-state index in [1.54, 1.807) is 17.7 Å². The third-order valence-electron chi connectivity index (χ3n) is 2.70. The molecule has 3 heteroatoms. The van der Waals surface area contributed by atoms with Crippen molar-refractivity contribution in [2.75, 3.05) is 5.54 Å². The van der Waals surface area contributed by atoms with Gasteiger partial charge in [-0.25, -0.2) is 5.54 Å². The lowest BCUT2D eigenvalue weighted by molar-refractivity contribution is 0.617. The van der Waals surface area contributed by atoms with Gasteiger partial charge in [-0.1, -0.05) is 18.2 Å². The lowest BCUT2D eigenvalue weighted by Crippen LogP contribution is -1.80. The van der Waals surface area contributed by atoms with Crippen molar-refractivity contribution in [3.63, 3.8) is 0 Å². The van der Waals surface area contributed by atoms with Gasteiger partial charge in [0.25, 0.3) is 0 Å². The second-order valence-corrected chi connectivity index (χ2v) is 3.82. The Bertz CT molecular complexity index is 610. The summed E-state index contributed by atoms with van der Waals surface area (Å²) in [5, 5.41) is 1.06. The Kier molecular flexibility index (Phi) is 2.29. The molecule has 0 aliphatic heterocycles. The molecule has 17 heavy (non-hydrogen) atoms. The molecule has 0 fully saturated rings. The van der Waals surface area contributed by atoms with Crippen LogP contribution in [0.15, 0.2) is 59.0 Å². The molecule has 2 nitrogen and oxygen atoms in total. The lowest BCUT2D eigenvalue weighted by atomic mass is 10.1. The number of anilines is 1. The number of fused-ring (bicyclic) bond motifs is 1. The predicted molar refractivity (Wildman–Crippen MR) is 66.4 cm³/mol. The number of furan rings is 1. The van der Waals surface area contributed by atoms with Gasteiger partial charge >= 0.3 is 0 Å². The summed E-state index contributed by atoms with van der Waals surface area (Å²) in [5.41, 5.74) is 3.82. The van der Waals surface area contributed by atoms with E-state index in [-0.39, 0.29) is 0 Å². The van der Waals surface area contributed by atoms with Crippen molar-refractivity contribution >= 4 is 16.7 Å². The van der Waals surface area contributed by atoms with Crippen molar-refractivity contribution in [1.29, 1.82) is 0 Å². The molecule has 3 rings (SSSR count). The number of benzene rings is 2. The molecule has 0 radical (unpaired) electrons. The summed E-state index contributed by atoms with van der Waals surface area (Å²) in [6.07, 6.45) is 0. The maximum atomic E-state index is 12.2. The van der Waals surface area contributed by atoms with E-state index >= 15 is 0 Å². The molecular formula is C14H10FNO. The Labute approximate surface area is 97.6 Å². The van der Waals surface area contributed by atoms with Crippen LogP contribution in [0.3, 0.4) is 0 Å². The molecule has 2 aromatic carbocycles. The van der Waals surface area contributed by atoms with Gasteiger partial charge in [-0.3, -0.25) is 0 Å². The van der Waals surface area contributed by atoms with Gasteiger partial charge in [-0.15, -0.1) is 4.48 Å². The second kappa shape index (κ2) is 3.94. The monoisotopic (exact) mass is 227 g/mol. The summed E-state index contributed by atoms with van der Waals surface area (Å²) >= 11 is 0. The van der Waals surface area contributed by atoms with E-state index in [0.717, 1.165) is 22.3 Å². The molecule has 1 aromatic heterocycles. The first-order valence-electron chi connectivity index (χ1n) is 5.32. The van der Waals surface area contributed by atoms with Crippen molar-refractivity contribution in [3.8, 4) is 11.3 Å². The zero-order chi connectivity index (χ0) is 11.7. The van der Waals surface area contributed by atoms with Gasteiger partial charge in [-0.2, -0.15) is 0 Å². The Hall–Kier alpha value is -2.29. The zero-order valence-corrected chi connectivity index (χ0v) is 8.98. The van der Waals surface area contributed by atoms with Crippen LogP contribution in [-0.4, -0.2) is 0 Å². The lowest BCUT2D eigenvalue weighted by Gasteiger charge is -1.98. The molecule has 1 heterocycles. The van der Waals surface area contributed by atoms with Gasteiger partial charge in [0, 0.05) is 10.9 Å². The van der Waals surface area contributed by atoms with Gasteiger partial charge in [0.05, 0.1) is 5.69 Å². The number of hydrogen-bond donors (Lipinski definition) is 1. The van der Waals surface area contributed by atoms with Crippen LogP contribution in [-0.2, 0) is 0 Å². The molecule has 84 valence electrons. The van der Waals surface area contributed by atoms with E-state index in [2.05, 4.69) is 0 Å². The van der Waals surface area contributed by atoms with Crippen molar-refractivity contribution in [3.05, 3.63) is 54.6 Å². The highest BCUT2D eigenvalue weighted by Crippen LogP contribution is 2.28. The Morgan fingerprint density at radius 3 is 2.41 bits per heavy atom. The van der Waals surface area contributed by atoms with E-state index in [1.807, 2.05) is 42.5 Å². The van der Waals surface area contributed by atoms with Gasteiger partial charge in [0.1, 0.15) is 11.3 Å². The topological polar surface area (TPSA) is 25.2 Å². The minimum Gasteiger partial charge on any atom is -0.456 e.